The van der Waals surface area contributed by atoms with Crippen LogP contribution in [0.4, 0.5) is 19.0 Å². The molecule has 0 unspecified atom stereocenters. The number of aliphatic hydroxyl groups is 1. The van der Waals surface area contributed by atoms with Crippen molar-refractivity contribution in [2.45, 2.75) is 43.8 Å². The Morgan fingerprint density at radius 1 is 1.21 bits per heavy atom. The van der Waals surface area contributed by atoms with Crippen LogP contribution in [0.2, 0.25) is 0 Å². The average molecular weight is 274 g/mol. The summed E-state index contributed by atoms with van der Waals surface area (Å²) >= 11 is 0. The summed E-state index contributed by atoms with van der Waals surface area (Å²) in [6.07, 6.45) is 0.0813. The molecule has 1 saturated carbocycles. The zero-order chi connectivity index (χ0) is 13.9. The van der Waals surface area contributed by atoms with Crippen molar-refractivity contribution in [1.82, 2.24) is 4.98 Å². The van der Waals surface area contributed by atoms with Gasteiger partial charge in [-0.3, -0.25) is 0 Å². The number of halogens is 3. The van der Waals surface area contributed by atoms with Crippen molar-refractivity contribution in [3.8, 4) is 0 Å². The molecule has 0 amide bonds. The lowest BCUT2D eigenvalue weighted by Crippen LogP contribution is -2.44. The Balaban J connectivity index is 2.18. The van der Waals surface area contributed by atoms with E-state index < -0.39 is 17.4 Å². The van der Waals surface area contributed by atoms with E-state index in [9.17, 15) is 18.3 Å². The number of aromatic nitrogens is 1. The molecular weight excluding hydrogens is 257 g/mol. The van der Waals surface area contributed by atoms with Crippen LogP contribution in [0.3, 0.4) is 0 Å². The van der Waals surface area contributed by atoms with Crippen LogP contribution in [0.1, 0.15) is 37.8 Å². The molecule has 3 nitrogen and oxygen atoms in total. The van der Waals surface area contributed by atoms with Gasteiger partial charge in [-0.2, -0.15) is 13.2 Å². The molecule has 1 fully saturated rings. The average Bonchev–Trinajstić information content (AvgIpc) is 2.39. The van der Waals surface area contributed by atoms with Crippen LogP contribution < -0.4 is 5.32 Å². The lowest BCUT2D eigenvalue weighted by atomic mass is 9.82. The first-order valence-electron chi connectivity index (χ1n) is 6.39. The van der Waals surface area contributed by atoms with E-state index in [1.807, 2.05) is 0 Å². The summed E-state index contributed by atoms with van der Waals surface area (Å²) in [5.74, 6) is 0.172. The minimum absolute atomic E-state index is 0.0923. The molecule has 1 aromatic rings. The summed E-state index contributed by atoms with van der Waals surface area (Å²) < 4.78 is 37.8. The third-order valence-corrected chi connectivity index (χ3v) is 3.55. The predicted molar refractivity (Wildman–Crippen MR) is 65.8 cm³/mol. The van der Waals surface area contributed by atoms with Gasteiger partial charge in [0.25, 0.3) is 0 Å². The Morgan fingerprint density at radius 3 is 2.47 bits per heavy atom. The van der Waals surface area contributed by atoms with Gasteiger partial charge in [0, 0.05) is 0 Å². The number of hydrogen-bond donors (Lipinski definition) is 2. The fourth-order valence-electron chi connectivity index (χ4n) is 2.49. The van der Waals surface area contributed by atoms with E-state index in [1.165, 1.54) is 12.1 Å². The monoisotopic (exact) mass is 274 g/mol. The molecule has 0 saturated heterocycles. The van der Waals surface area contributed by atoms with Gasteiger partial charge in [0.05, 0.1) is 12.1 Å². The Kier molecular flexibility index (Phi) is 3.99. The Hall–Kier alpha value is -1.30. The van der Waals surface area contributed by atoms with E-state index in [-0.39, 0.29) is 12.4 Å². The lowest BCUT2D eigenvalue weighted by Gasteiger charge is -2.37. The maximum Gasteiger partial charge on any atom is 0.433 e. The second-order valence-corrected chi connectivity index (χ2v) is 5.03. The number of alkyl halides is 3. The highest BCUT2D eigenvalue weighted by Gasteiger charge is 2.34. The van der Waals surface area contributed by atoms with Gasteiger partial charge in [-0.05, 0) is 25.0 Å². The van der Waals surface area contributed by atoms with Gasteiger partial charge in [0.2, 0.25) is 0 Å². The van der Waals surface area contributed by atoms with Crippen molar-refractivity contribution in [2.75, 3.05) is 11.9 Å². The molecular formula is C13H17F3N2O. The summed E-state index contributed by atoms with van der Waals surface area (Å²) in [6, 6.07) is 3.77. The molecule has 0 radical (unpaired) electrons. The van der Waals surface area contributed by atoms with Crippen molar-refractivity contribution in [3.63, 3.8) is 0 Å². The molecule has 19 heavy (non-hydrogen) atoms. The predicted octanol–water partition coefficient (Wildman–Crippen LogP) is 3.21. The first-order chi connectivity index (χ1) is 8.95. The first kappa shape index (κ1) is 14.1. The van der Waals surface area contributed by atoms with Gasteiger partial charge in [-0.25, -0.2) is 4.98 Å². The second kappa shape index (κ2) is 5.36. The third kappa shape index (κ3) is 3.37. The summed E-state index contributed by atoms with van der Waals surface area (Å²) in [6.45, 7) is -0.0923. The van der Waals surface area contributed by atoms with E-state index >= 15 is 0 Å². The van der Waals surface area contributed by atoms with Crippen molar-refractivity contribution in [3.05, 3.63) is 23.9 Å². The fraction of sp³-hybridized carbons (Fsp3) is 0.615. The SMILES string of the molecule is OCC1(Nc2cccc(C(F)(F)F)n2)CCCCC1. The van der Waals surface area contributed by atoms with Crippen molar-refractivity contribution in [2.24, 2.45) is 0 Å². The molecule has 1 heterocycles. The van der Waals surface area contributed by atoms with E-state index in [2.05, 4.69) is 10.3 Å². The van der Waals surface area contributed by atoms with E-state index in [4.69, 9.17) is 0 Å². The van der Waals surface area contributed by atoms with Crippen LogP contribution in [0.5, 0.6) is 0 Å². The Morgan fingerprint density at radius 2 is 1.89 bits per heavy atom. The second-order valence-electron chi connectivity index (χ2n) is 5.03. The van der Waals surface area contributed by atoms with Crippen LogP contribution in [0.15, 0.2) is 18.2 Å². The van der Waals surface area contributed by atoms with Crippen LogP contribution in [-0.4, -0.2) is 22.2 Å². The van der Waals surface area contributed by atoms with E-state index in [0.717, 1.165) is 38.2 Å². The van der Waals surface area contributed by atoms with E-state index in [1.54, 1.807) is 0 Å². The van der Waals surface area contributed by atoms with Gasteiger partial charge in [0.1, 0.15) is 11.5 Å². The van der Waals surface area contributed by atoms with Crippen LogP contribution in [-0.2, 0) is 6.18 Å². The van der Waals surface area contributed by atoms with Crippen LogP contribution >= 0.6 is 0 Å². The zero-order valence-corrected chi connectivity index (χ0v) is 10.5. The molecule has 106 valence electrons. The molecule has 2 N–H and O–H groups in total. The molecule has 1 aliphatic rings. The molecule has 1 aromatic heterocycles. The fourth-order valence-corrected chi connectivity index (χ4v) is 2.49. The molecule has 0 aromatic carbocycles. The minimum Gasteiger partial charge on any atom is -0.394 e. The molecule has 0 spiro atoms. The maximum atomic E-state index is 12.6. The number of rotatable bonds is 3. The third-order valence-electron chi connectivity index (χ3n) is 3.55. The molecule has 0 aliphatic heterocycles. The van der Waals surface area contributed by atoms with Crippen LogP contribution in [0, 0.1) is 0 Å². The highest BCUT2D eigenvalue weighted by molar-refractivity contribution is 5.39. The zero-order valence-electron chi connectivity index (χ0n) is 10.5. The maximum absolute atomic E-state index is 12.6. The number of nitrogens with one attached hydrogen (secondary N) is 1. The number of aliphatic hydroxyl groups excluding tert-OH is 1. The van der Waals surface area contributed by atoms with E-state index in [0.29, 0.717) is 0 Å². The summed E-state index contributed by atoms with van der Waals surface area (Å²) in [4.78, 5) is 3.58. The number of anilines is 1. The van der Waals surface area contributed by atoms with Crippen molar-refractivity contribution < 1.29 is 18.3 Å². The highest BCUT2D eigenvalue weighted by atomic mass is 19.4. The van der Waals surface area contributed by atoms with Gasteiger partial charge in [0.15, 0.2) is 0 Å². The quantitative estimate of drug-likeness (QED) is 0.889. The highest BCUT2D eigenvalue weighted by Crippen LogP contribution is 2.32. The Labute approximate surface area is 109 Å². The largest absolute Gasteiger partial charge is 0.433 e. The van der Waals surface area contributed by atoms with Crippen molar-refractivity contribution >= 4 is 5.82 Å². The molecule has 2 rings (SSSR count). The minimum atomic E-state index is -4.45. The van der Waals surface area contributed by atoms with Gasteiger partial charge < -0.3 is 10.4 Å². The summed E-state index contributed by atoms with van der Waals surface area (Å²) in [7, 11) is 0. The number of hydrogen-bond acceptors (Lipinski definition) is 3. The van der Waals surface area contributed by atoms with Gasteiger partial charge in [-0.15, -0.1) is 0 Å². The number of pyridine rings is 1. The lowest BCUT2D eigenvalue weighted by molar-refractivity contribution is -0.141. The normalized spacial score (nSPS) is 19.2. The van der Waals surface area contributed by atoms with Crippen molar-refractivity contribution in [1.29, 1.82) is 0 Å². The summed E-state index contributed by atoms with van der Waals surface area (Å²) in [5, 5.41) is 12.5. The van der Waals surface area contributed by atoms with Crippen LogP contribution in [0.25, 0.3) is 0 Å². The number of nitrogens with zero attached hydrogens (tertiary/aromatic N) is 1. The summed E-state index contributed by atoms with van der Waals surface area (Å²) in [5.41, 5.74) is -1.45. The standard InChI is InChI=1S/C13H17F3N2O/c14-13(15,16)10-5-4-6-11(17-10)18-12(9-19)7-2-1-3-8-12/h4-6,19H,1-3,7-9H2,(H,17,18). The first-order valence-corrected chi connectivity index (χ1v) is 6.39. The van der Waals surface area contributed by atoms with Gasteiger partial charge >= 0.3 is 6.18 Å². The Bertz CT molecular complexity index is 428. The smallest absolute Gasteiger partial charge is 0.394 e. The molecule has 0 bridgehead atoms. The van der Waals surface area contributed by atoms with Gasteiger partial charge in [-0.1, -0.05) is 25.3 Å². The topological polar surface area (TPSA) is 45.1 Å². The molecule has 1 aliphatic carbocycles. The molecule has 6 heteroatoms. The molecule has 0 atom stereocenters.